The Balaban J connectivity index is 2.27. The highest BCUT2D eigenvalue weighted by Gasteiger charge is 2.23. The number of hydrogen-bond donors (Lipinski definition) is 0. The van der Waals surface area contributed by atoms with Gasteiger partial charge in [-0.15, -0.1) is 0 Å². The minimum atomic E-state index is -0.480. The number of nitro groups is 1. The zero-order valence-electron chi connectivity index (χ0n) is 7.62. The molecular weight excluding hydrogens is 198 g/mol. The summed E-state index contributed by atoms with van der Waals surface area (Å²) in [5.41, 5.74) is 0.702. The van der Waals surface area contributed by atoms with Gasteiger partial charge in [-0.05, 0) is 11.6 Å². The number of carbonyl (C=O) groups excluding carboxylic acids is 1. The van der Waals surface area contributed by atoms with Crippen LogP contribution >= 0.6 is 0 Å². The molecule has 5 heteroatoms. The number of hydrogen-bond acceptors (Lipinski definition) is 4. The molecule has 0 spiro atoms. The SMILES string of the molecule is O=C1OC=CC1c1ccc([N+](=O)[O-])cc1. The average Bonchev–Trinajstić information content (AvgIpc) is 2.65. The van der Waals surface area contributed by atoms with E-state index in [4.69, 9.17) is 0 Å². The van der Waals surface area contributed by atoms with E-state index < -0.39 is 10.8 Å². The van der Waals surface area contributed by atoms with Gasteiger partial charge in [0.2, 0.25) is 0 Å². The number of esters is 1. The molecule has 15 heavy (non-hydrogen) atoms. The third-order valence-electron chi connectivity index (χ3n) is 2.17. The van der Waals surface area contributed by atoms with Gasteiger partial charge in [0.05, 0.1) is 11.2 Å². The fraction of sp³-hybridized carbons (Fsp3) is 0.100. The number of rotatable bonds is 2. The van der Waals surface area contributed by atoms with Gasteiger partial charge in [0.1, 0.15) is 5.92 Å². The van der Waals surface area contributed by atoms with E-state index in [1.54, 1.807) is 18.2 Å². The number of nitrogens with zero attached hydrogens (tertiary/aromatic N) is 1. The molecule has 5 nitrogen and oxygen atoms in total. The summed E-state index contributed by atoms with van der Waals surface area (Å²) < 4.78 is 4.64. The fourth-order valence-electron chi connectivity index (χ4n) is 1.39. The van der Waals surface area contributed by atoms with E-state index >= 15 is 0 Å². The van der Waals surface area contributed by atoms with Crippen LogP contribution in [0.1, 0.15) is 11.5 Å². The van der Waals surface area contributed by atoms with E-state index in [0.29, 0.717) is 5.56 Å². The first-order valence-corrected chi connectivity index (χ1v) is 4.30. The molecule has 0 saturated carbocycles. The lowest BCUT2D eigenvalue weighted by atomic mass is 10.0. The highest BCUT2D eigenvalue weighted by Crippen LogP contribution is 2.25. The standard InChI is InChI=1S/C10H7NO4/c12-10-9(5-6-15-10)7-1-3-8(4-2-7)11(13)14/h1-6,9H. The van der Waals surface area contributed by atoms with Crippen molar-refractivity contribution < 1.29 is 14.5 Å². The molecule has 76 valence electrons. The monoisotopic (exact) mass is 205 g/mol. The van der Waals surface area contributed by atoms with Crippen LogP contribution in [-0.2, 0) is 9.53 Å². The van der Waals surface area contributed by atoms with Crippen molar-refractivity contribution in [1.29, 1.82) is 0 Å². The molecule has 1 aliphatic heterocycles. The van der Waals surface area contributed by atoms with Crippen LogP contribution in [0.4, 0.5) is 5.69 Å². The molecule has 0 aliphatic carbocycles. The van der Waals surface area contributed by atoms with Crippen molar-refractivity contribution in [3.8, 4) is 0 Å². The van der Waals surface area contributed by atoms with E-state index in [2.05, 4.69) is 4.74 Å². The average molecular weight is 205 g/mol. The topological polar surface area (TPSA) is 69.4 Å². The van der Waals surface area contributed by atoms with Gasteiger partial charge in [-0.25, -0.2) is 0 Å². The van der Waals surface area contributed by atoms with Crippen molar-refractivity contribution in [1.82, 2.24) is 0 Å². The number of benzene rings is 1. The third kappa shape index (κ3) is 1.71. The Morgan fingerprint density at radius 3 is 2.40 bits per heavy atom. The molecule has 0 radical (unpaired) electrons. The minimum Gasteiger partial charge on any atom is -0.434 e. The van der Waals surface area contributed by atoms with E-state index in [1.807, 2.05) is 0 Å². The zero-order chi connectivity index (χ0) is 10.8. The molecule has 2 rings (SSSR count). The van der Waals surface area contributed by atoms with Gasteiger partial charge in [0.15, 0.2) is 0 Å². The van der Waals surface area contributed by atoms with E-state index in [1.165, 1.54) is 18.4 Å². The first kappa shape index (κ1) is 9.39. The molecule has 0 aromatic heterocycles. The lowest BCUT2D eigenvalue weighted by Crippen LogP contribution is -2.05. The van der Waals surface area contributed by atoms with Crippen LogP contribution < -0.4 is 0 Å². The van der Waals surface area contributed by atoms with Crippen LogP contribution in [0, 0.1) is 10.1 Å². The second-order valence-electron chi connectivity index (χ2n) is 3.09. The molecule has 0 N–H and O–H groups in total. The van der Waals surface area contributed by atoms with Crippen molar-refractivity contribution in [3.63, 3.8) is 0 Å². The molecule has 0 amide bonds. The molecule has 0 saturated heterocycles. The van der Waals surface area contributed by atoms with Gasteiger partial charge in [-0.1, -0.05) is 12.1 Å². The van der Waals surface area contributed by atoms with Gasteiger partial charge in [0, 0.05) is 12.1 Å². The van der Waals surface area contributed by atoms with Crippen molar-refractivity contribution in [3.05, 3.63) is 52.3 Å². The molecule has 1 atom stereocenters. The summed E-state index contributed by atoms with van der Waals surface area (Å²) in [5, 5.41) is 10.4. The van der Waals surface area contributed by atoms with Crippen molar-refractivity contribution in [2.45, 2.75) is 5.92 Å². The van der Waals surface area contributed by atoms with E-state index in [-0.39, 0.29) is 11.7 Å². The summed E-state index contributed by atoms with van der Waals surface area (Å²) >= 11 is 0. The van der Waals surface area contributed by atoms with Gasteiger partial charge in [-0.2, -0.15) is 0 Å². The van der Waals surface area contributed by atoms with Crippen LogP contribution in [0.3, 0.4) is 0 Å². The summed E-state index contributed by atoms with van der Waals surface area (Å²) in [5.74, 6) is -0.797. The summed E-state index contributed by atoms with van der Waals surface area (Å²) in [7, 11) is 0. The Labute approximate surface area is 85.1 Å². The number of ether oxygens (including phenoxy) is 1. The first-order valence-electron chi connectivity index (χ1n) is 4.30. The number of cyclic esters (lactones) is 1. The highest BCUT2D eigenvalue weighted by molar-refractivity contribution is 5.83. The quantitative estimate of drug-likeness (QED) is 0.419. The van der Waals surface area contributed by atoms with Gasteiger partial charge in [0.25, 0.3) is 5.69 Å². The van der Waals surface area contributed by atoms with E-state index in [0.717, 1.165) is 0 Å². The lowest BCUT2D eigenvalue weighted by molar-refractivity contribution is -0.384. The Hall–Kier alpha value is -2.17. The van der Waals surface area contributed by atoms with E-state index in [9.17, 15) is 14.9 Å². The summed E-state index contributed by atoms with van der Waals surface area (Å²) in [6.45, 7) is 0. The third-order valence-corrected chi connectivity index (χ3v) is 2.17. The predicted molar refractivity (Wildman–Crippen MR) is 51.1 cm³/mol. The molecule has 0 fully saturated rings. The lowest BCUT2D eigenvalue weighted by Gasteiger charge is -2.03. The second-order valence-corrected chi connectivity index (χ2v) is 3.09. The predicted octanol–water partition coefficient (Wildman–Crippen LogP) is 1.75. The highest BCUT2D eigenvalue weighted by atomic mass is 16.6. The molecule has 1 aromatic carbocycles. The molecular formula is C10H7NO4. The van der Waals surface area contributed by atoms with Crippen molar-refractivity contribution >= 4 is 11.7 Å². The number of carbonyl (C=O) groups is 1. The number of nitro benzene ring substituents is 1. The maximum Gasteiger partial charge on any atom is 0.322 e. The van der Waals surface area contributed by atoms with Gasteiger partial charge in [-0.3, -0.25) is 14.9 Å². The molecule has 0 bridgehead atoms. The molecule has 1 aromatic rings. The van der Waals surface area contributed by atoms with Crippen LogP contribution in [-0.4, -0.2) is 10.9 Å². The minimum absolute atomic E-state index is 0.00842. The summed E-state index contributed by atoms with van der Waals surface area (Å²) in [6, 6.07) is 5.85. The zero-order valence-corrected chi connectivity index (χ0v) is 7.62. The second kappa shape index (κ2) is 3.53. The Bertz CT molecular complexity index is 435. The van der Waals surface area contributed by atoms with Crippen LogP contribution in [0.25, 0.3) is 0 Å². The van der Waals surface area contributed by atoms with Crippen molar-refractivity contribution in [2.75, 3.05) is 0 Å². The van der Waals surface area contributed by atoms with Gasteiger partial charge < -0.3 is 4.74 Å². The summed E-state index contributed by atoms with van der Waals surface area (Å²) in [4.78, 5) is 21.1. The van der Waals surface area contributed by atoms with Crippen molar-refractivity contribution in [2.24, 2.45) is 0 Å². The summed E-state index contributed by atoms with van der Waals surface area (Å²) in [6.07, 6.45) is 2.94. The smallest absolute Gasteiger partial charge is 0.322 e. The molecule has 1 unspecified atom stereocenters. The van der Waals surface area contributed by atoms with Crippen LogP contribution in [0.15, 0.2) is 36.6 Å². The normalized spacial score (nSPS) is 18.9. The Kier molecular flexibility index (Phi) is 2.21. The maximum absolute atomic E-state index is 11.2. The van der Waals surface area contributed by atoms with Crippen LogP contribution in [0.2, 0.25) is 0 Å². The Morgan fingerprint density at radius 1 is 1.27 bits per heavy atom. The molecule has 1 aliphatic rings. The van der Waals surface area contributed by atoms with Crippen LogP contribution in [0.5, 0.6) is 0 Å². The first-order chi connectivity index (χ1) is 7.18. The fourth-order valence-corrected chi connectivity index (χ4v) is 1.39. The number of non-ortho nitro benzene ring substituents is 1. The van der Waals surface area contributed by atoms with Gasteiger partial charge >= 0.3 is 5.97 Å². The largest absolute Gasteiger partial charge is 0.434 e. The Morgan fingerprint density at radius 2 is 1.93 bits per heavy atom. The maximum atomic E-state index is 11.2. The molecule has 1 heterocycles.